The van der Waals surface area contributed by atoms with Gasteiger partial charge in [-0.25, -0.2) is 0 Å². The SMILES string of the molecule is CC(=O)N(C[C@@H]1CCCN1Cc1ccc(C#N)s1)C1CC1. The maximum absolute atomic E-state index is 11.8. The zero-order valence-electron chi connectivity index (χ0n) is 12.4. The lowest BCUT2D eigenvalue weighted by molar-refractivity contribution is -0.130. The van der Waals surface area contributed by atoms with Gasteiger partial charge in [0.05, 0.1) is 0 Å². The third kappa shape index (κ3) is 3.45. The molecule has 1 amide bonds. The minimum Gasteiger partial charge on any atom is -0.338 e. The van der Waals surface area contributed by atoms with Gasteiger partial charge in [0, 0.05) is 37.0 Å². The zero-order chi connectivity index (χ0) is 14.8. The Bertz CT molecular complexity index is 558. The van der Waals surface area contributed by atoms with E-state index in [0.717, 1.165) is 24.5 Å². The van der Waals surface area contributed by atoms with Crippen molar-refractivity contribution in [3.8, 4) is 6.07 Å². The molecule has 3 rings (SSSR count). The Balaban J connectivity index is 1.62. The molecule has 2 heterocycles. The van der Waals surface area contributed by atoms with Crippen molar-refractivity contribution in [2.45, 2.75) is 51.2 Å². The van der Waals surface area contributed by atoms with Gasteiger partial charge in [0.1, 0.15) is 10.9 Å². The molecule has 112 valence electrons. The third-order valence-electron chi connectivity index (χ3n) is 4.43. The molecule has 4 nitrogen and oxygen atoms in total. The summed E-state index contributed by atoms with van der Waals surface area (Å²) < 4.78 is 0. The molecule has 0 bridgehead atoms. The number of rotatable bonds is 5. The normalized spacial score (nSPS) is 22.2. The molecular weight excluding hydrogens is 282 g/mol. The average molecular weight is 303 g/mol. The van der Waals surface area contributed by atoms with Crippen LogP contribution in [0.4, 0.5) is 0 Å². The molecule has 1 aliphatic heterocycles. The highest BCUT2D eigenvalue weighted by Crippen LogP contribution is 2.30. The minimum atomic E-state index is 0.215. The summed E-state index contributed by atoms with van der Waals surface area (Å²) in [5.41, 5.74) is 0. The number of nitrogens with zero attached hydrogens (tertiary/aromatic N) is 3. The van der Waals surface area contributed by atoms with Crippen molar-refractivity contribution in [1.82, 2.24) is 9.80 Å². The summed E-state index contributed by atoms with van der Waals surface area (Å²) in [4.78, 5) is 18.4. The van der Waals surface area contributed by atoms with Gasteiger partial charge < -0.3 is 4.90 Å². The molecular formula is C16H21N3OS. The largest absolute Gasteiger partial charge is 0.338 e. The topological polar surface area (TPSA) is 47.3 Å². The Morgan fingerprint density at radius 2 is 2.29 bits per heavy atom. The first-order valence-corrected chi connectivity index (χ1v) is 8.49. The highest BCUT2D eigenvalue weighted by Gasteiger charge is 2.35. The van der Waals surface area contributed by atoms with E-state index in [0.29, 0.717) is 12.1 Å². The van der Waals surface area contributed by atoms with Gasteiger partial charge in [-0.2, -0.15) is 5.26 Å². The monoisotopic (exact) mass is 303 g/mol. The molecule has 2 fully saturated rings. The Hall–Kier alpha value is -1.38. The fraction of sp³-hybridized carbons (Fsp3) is 0.625. The third-order valence-corrected chi connectivity index (χ3v) is 5.40. The molecule has 1 aromatic rings. The summed E-state index contributed by atoms with van der Waals surface area (Å²) in [6.07, 6.45) is 4.72. The lowest BCUT2D eigenvalue weighted by Crippen LogP contribution is -2.43. The van der Waals surface area contributed by atoms with Crippen LogP contribution in [0.5, 0.6) is 0 Å². The van der Waals surface area contributed by atoms with Crippen LogP contribution >= 0.6 is 11.3 Å². The van der Waals surface area contributed by atoms with Gasteiger partial charge >= 0.3 is 0 Å². The van der Waals surface area contributed by atoms with Crippen molar-refractivity contribution < 1.29 is 4.79 Å². The maximum Gasteiger partial charge on any atom is 0.219 e. The molecule has 1 atom stereocenters. The second-order valence-corrected chi connectivity index (χ2v) is 7.22. The van der Waals surface area contributed by atoms with E-state index < -0.39 is 0 Å². The first-order valence-electron chi connectivity index (χ1n) is 7.67. The molecule has 0 unspecified atom stereocenters. The summed E-state index contributed by atoms with van der Waals surface area (Å²) in [5, 5.41) is 8.91. The summed E-state index contributed by atoms with van der Waals surface area (Å²) >= 11 is 1.58. The summed E-state index contributed by atoms with van der Waals surface area (Å²) in [6, 6.07) is 7.13. The highest BCUT2D eigenvalue weighted by atomic mass is 32.1. The van der Waals surface area contributed by atoms with Crippen LogP contribution in [0, 0.1) is 11.3 Å². The van der Waals surface area contributed by atoms with Crippen molar-refractivity contribution in [2.75, 3.05) is 13.1 Å². The van der Waals surface area contributed by atoms with Crippen molar-refractivity contribution in [3.05, 3.63) is 21.9 Å². The number of likely N-dealkylation sites (tertiary alicyclic amines) is 1. The van der Waals surface area contributed by atoms with Crippen LogP contribution in [0.15, 0.2) is 12.1 Å². The van der Waals surface area contributed by atoms with Crippen molar-refractivity contribution in [1.29, 1.82) is 5.26 Å². The highest BCUT2D eigenvalue weighted by molar-refractivity contribution is 7.12. The second kappa shape index (κ2) is 6.17. The smallest absolute Gasteiger partial charge is 0.219 e. The van der Waals surface area contributed by atoms with Crippen LogP contribution < -0.4 is 0 Å². The second-order valence-electron chi connectivity index (χ2n) is 6.05. The molecule has 5 heteroatoms. The molecule has 1 saturated heterocycles. The van der Waals surface area contributed by atoms with Gasteiger partial charge in [-0.05, 0) is 44.4 Å². The number of thiophene rings is 1. The number of hydrogen-bond acceptors (Lipinski definition) is 4. The number of hydrogen-bond donors (Lipinski definition) is 0. The van der Waals surface area contributed by atoms with Gasteiger partial charge in [-0.3, -0.25) is 9.69 Å². The number of carbonyl (C=O) groups excluding carboxylic acids is 1. The molecule has 0 radical (unpaired) electrons. The standard InChI is InChI=1S/C16H21N3OS/c1-12(20)19(13-4-5-13)10-14-3-2-8-18(14)11-16-7-6-15(9-17)21-16/h6-7,13-14H,2-5,8,10-11H2,1H3/t14-/m0/s1. The van der Waals surface area contributed by atoms with E-state index in [1.807, 2.05) is 6.07 Å². The predicted molar refractivity (Wildman–Crippen MR) is 82.9 cm³/mol. The van der Waals surface area contributed by atoms with E-state index in [1.165, 1.54) is 30.6 Å². The molecule has 21 heavy (non-hydrogen) atoms. The summed E-state index contributed by atoms with van der Waals surface area (Å²) in [5.74, 6) is 0.215. The fourth-order valence-electron chi connectivity index (χ4n) is 3.18. The minimum absolute atomic E-state index is 0.215. The lowest BCUT2D eigenvalue weighted by Gasteiger charge is -2.30. The van der Waals surface area contributed by atoms with Gasteiger partial charge in [0.15, 0.2) is 0 Å². The summed E-state index contributed by atoms with van der Waals surface area (Å²) in [6.45, 7) is 4.57. The van der Waals surface area contributed by atoms with Crippen LogP contribution in [-0.4, -0.2) is 40.9 Å². The predicted octanol–water partition coefficient (Wildman–Crippen LogP) is 2.60. The van der Waals surface area contributed by atoms with E-state index in [4.69, 9.17) is 5.26 Å². The Kier molecular flexibility index (Phi) is 4.27. The molecule has 1 aliphatic carbocycles. The molecule has 2 aliphatic rings. The first-order chi connectivity index (χ1) is 10.2. The number of nitriles is 1. The van der Waals surface area contributed by atoms with E-state index in [-0.39, 0.29) is 5.91 Å². The van der Waals surface area contributed by atoms with Crippen molar-refractivity contribution in [2.24, 2.45) is 0 Å². The summed E-state index contributed by atoms with van der Waals surface area (Å²) in [7, 11) is 0. The maximum atomic E-state index is 11.8. The van der Waals surface area contributed by atoms with E-state index in [1.54, 1.807) is 18.3 Å². The van der Waals surface area contributed by atoms with E-state index in [2.05, 4.69) is 21.9 Å². The quantitative estimate of drug-likeness (QED) is 0.840. The Morgan fingerprint density at radius 3 is 2.90 bits per heavy atom. The molecule has 1 saturated carbocycles. The zero-order valence-corrected chi connectivity index (χ0v) is 13.2. The first kappa shape index (κ1) is 14.6. The Morgan fingerprint density at radius 1 is 1.48 bits per heavy atom. The van der Waals surface area contributed by atoms with Crippen LogP contribution in [-0.2, 0) is 11.3 Å². The van der Waals surface area contributed by atoms with Gasteiger partial charge in [-0.15, -0.1) is 11.3 Å². The lowest BCUT2D eigenvalue weighted by atomic mass is 10.2. The van der Waals surface area contributed by atoms with Gasteiger partial charge in [-0.1, -0.05) is 0 Å². The van der Waals surface area contributed by atoms with Crippen LogP contribution in [0.3, 0.4) is 0 Å². The van der Waals surface area contributed by atoms with E-state index >= 15 is 0 Å². The van der Waals surface area contributed by atoms with Crippen molar-refractivity contribution in [3.63, 3.8) is 0 Å². The molecule has 1 aromatic heterocycles. The van der Waals surface area contributed by atoms with Gasteiger partial charge in [0.25, 0.3) is 0 Å². The van der Waals surface area contributed by atoms with Crippen LogP contribution in [0.25, 0.3) is 0 Å². The van der Waals surface area contributed by atoms with Crippen LogP contribution in [0.1, 0.15) is 42.4 Å². The number of carbonyl (C=O) groups is 1. The fourth-order valence-corrected chi connectivity index (χ4v) is 4.01. The van der Waals surface area contributed by atoms with Crippen molar-refractivity contribution >= 4 is 17.2 Å². The van der Waals surface area contributed by atoms with E-state index in [9.17, 15) is 4.79 Å². The number of amides is 1. The molecule has 0 spiro atoms. The molecule has 0 aromatic carbocycles. The van der Waals surface area contributed by atoms with Crippen LogP contribution in [0.2, 0.25) is 0 Å². The Labute approximate surface area is 130 Å². The average Bonchev–Trinajstić information content (AvgIpc) is 3.04. The molecule has 0 N–H and O–H groups in total. The van der Waals surface area contributed by atoms with Gasteiger partial charge in [0.2, 0.25) is 5.91 Å².